The fourth-order valence-electron chi connectivity index (χ4n) is 2.94. The lowest BCUT2D eigenvalue weighted by Gasteiger charge is -2.30. The number of hydrogen-bond donors (Lipinski definition) is 0. The largest absolute Gasteiger partial charge is 0.461 e. The van der Waals surface area contributed by atoms with Crippen molar-refractivity contribution in [2.24, 2.45) is 0 Å². The molecule has 0 aliphatic carbocycles. The zero-order valence-electron chi connectivity index (χ0n) is 10.7. The Kier molecular flexibility index (Phi) is 2.11. The number of benzene rings is 1. The average molecular weight is 234 g/mol. The summed E-state index contributed by atoms with van der Waals surface area (Å²) in [6.07, 6.45) is 0.648. The lowest BCUT2D eigenvalue weighted by molar-refractivity contribution is -0.224. The first-order valence-electron chi connectivity index (χ1n) is 5.99. The van der Waals surface area contributed by atoms with Crippen molar-refractivity contribution < 1.29 is 14.2 Å². The van der Waals surface area contributed by atoms with E-state index < -0.39 is 5.79 Å². The molecule has 3 atom stereocenters. The monoisotopic (exact) mass is 234 g/mol. The van der Waals surface area contributed by atoms with E-state index in [1.54, 1.807) is 7.11 Å². The summed E-state index contributed by atoms with van der Waals surface area (Å²) < 4.78 is 17.2. The van der Waals surface area contributed by atoms with Gasteiger partial charge in [0.05, 0.1) is 5.41 Å². The highest BCUT2D eigenvalue weighted by Crippen LogP contribution is 2.56. The smallest absolute Gasteiger partial charge is 0.219 e. The van der Waals surface area contributed by atoms with Crippen LogP contribution in [-0.2, 0) is 14.9 Å². The zero-order chi connectivity index (χ0) is 12.3. The van der Waals surface area contributed by atoms with Gasteiger partial charge in [0.1, 0.15) is 5.75 Å². The molecule has 1 aromatic carbocycles. The maximum atomic E-state index is 6.03. The average Bonchev–Trinajstić information content (AvgIpc) is 2.61. The van der Waals surface area contributed by atoms with Crippen molar-refractivity contribution in [2.45, 2.75) is 44.7 Å². The van der Waals surface area contributed by atoms with Gasteiger partial charge in [-0.25, -0.2) is 0 Å². The quantitative estimate of drug-likeness (QED) is 0.747. The van der Waals surface area contributed by atoms with Gasteiger partial charge in [0.25, 0.3) is 0 Å². The van der Waals surface area contributed by atoms with Crippen LogP contribution in [0, 0.1) is 6.92 Å². The van der Waals surface area contributed by atoms with Crippen LogP contribution in [0.5, 0.6) is 5.75 Å². The second kappa shape index (κ2) is 3.24. The first-order chi connectivity index (χ1) is 7.98. The lowest BCUT2D eigenvalue weighted by atomic mass is 9.76. The molecule has 17 heavy (non-hydrogen) atoms. The van der Waals surface area contributed by atoms with Gasteiger partial charge in [-0.3, -0.25) is 0 Å². The molecule has 1 fully saturated rings. The van der Waals surface area contributed by atoms with Crippen molar-refractivity contribution in [3.05, 3.63) is 29.3 Å². The molecule has 0 bridgehead atoms. The van der Waals surface area contributed by atoms with E-state index in [0.717, 1.165) is 12.2 Å². The molecule has 3 heteroatoms. The highest BCUT2D eigenvalue weighted by molar-refractivity contribution is 5.48. The number of rotatable bonds is 1. The Morgan fingerprint density at radius 1 is 1.35 bits per heavy atom. The topological polar surface area (TPSA) is 27.7 Å². The molecule has 92 valence electrons. The molecule has 0 spiro atoms. The summed E-state index contributed by atoms with van der Waals surface area (Å²) in [7, 11) is 1.68. The van der Waals surface area contributed by atoms with Crippen LogP contribution < -0.4 is 4.74 Å². The van der Waals surface area contributed by atoms with Crippen molar-refractivity contribution in [1.29, 1.82) is 0 Å². The zero-order valence-corrected chi connectivity index (χ0v) is 10.7. The molecule has 2 aliphatic heterocycles. The molecule has 0 amide bonds. The van der Waals surface area contributed by atoms with E-state index in [2.05, 4.69) is 32.0 Å². The Morgan fingerprint density at radius 2 is 2.12 bits per heavy atom. The summed E-state index contributed by atoms with van der Waals surface area (Å²) in [5.74, 6) is 0.341. The van der Waals surface area contributed by atoms with Crippen molar-refractivity contribution >= 4 is 0 Å². The van der Waals surface area contributed by atoms with Gasteiger partial charge in [0, 0.05) is 26.0 Å². The SMILES string of the molecule is CO[C@H]1C[C@@]2(C)c3ccc(C)cc3O[C@@]2(C)O1. The summed E-state index contributed by atoms with van der Waals surface area (Å²) >= 11 is 0. The van der Waals surface area contributed by atoms with Crippen LogP contribution in [0.3, 0.4) is 0 Å². The molecule has 0 unspecified atom stereocenters. The normalized spacial score (nSPS) is 38.7. The molecule has 1 aromatic rings. The van der Waals surface area contributed by atoms with Crippen LogP contribution in [0.25, 0.3) is 0 Å². The Balaban J connectivity index is 2.10. The summed E-state index contributed by atoms with van der Waals surface area (Å²) in [5.41, 5.74) is 2.31. The van der Waals surface area contributed by atoms with Crippen molar-refractivity contribution in [3.63, 3.8) is 0 Å². The summed E-state index contributed by atoms with van der Waals surface area (Å²) in [6.45, 7) is 6.26. The van der Waals surface area contributed by atoms with Gasteiger partial charge in [0.15, 0.2) is 6.29 Å². The second-order valence-corrected chi connectivity index (χ2v) is 5.37. The number of hydrogen-bond acceptors (Lipinski definition) is 3. The molecule has 1 saturated heterocycles. The summed E-state index contributed by atoms with van der Waals surface area (Å²) in [4.78, 5) is 0. The standard InChI is InChI=1S/C14H18O3/c1-9-5-6-10-11(7-9)16-14(3)13(10,2)8-12(15-4)17-14/h5-7,12H,8H2,1-4H3/t12-,13+,14+/m1/s1. The maximum Gasteiger partial charge on any atom is 0.219 e. The van der Waals surface area contributed by atoms with Crippen LogP contribution in [0.15, 0.2) is 18.2 Å². The highest BCUT2D eigenvalue weighted by Gasteiger charge is 2.62. The van der Waals surface area contributed by atoms with Crippen molar-refractivity contribution in [2.75, 3.05) is 7.11 Å². The second-order valence-electron chi connectivity index (χ2n) is 5.37. The molecular weight excluding hydrogens is 216 g/mol. The van der Waals surface area contributed by atoms with Gasteiger partial charge < -0.3 is 14.2 Å². The van der Waals surface area contributed by atoms with Crippen molar-refractivity contribution in [1.82, 2.24) is 0 Å². The van der Waals surface area contributed by atoms with Gasteiger partial charge in [-0.1, -0.05) is 12.1 Å². The molecule has 2 aliphatic rings. The fourth-order valence-corrected chi connectivity index (χ4v) is 2.94. The third kappa shape index (κ3) is 1.30. The molecular formula is C14H18O3. The summed E-state index contributed by atoms with van der Waals surface area (Å²) in [5, 5.41) is 0. The van der Waals surface area contributed by atoms with E-state index in [1.165, 1.54) is 11.1 Å². The van der Waals surface area contributed by atoms with Gasteiger partial charge in [-0.05, 0) is 25.5 Å². The number of fused-ring (bicyclic) bond motifs is 3. The van der Waals surface area contributed by atoms with Gasteiger partial charge in [0.2, 0.25) is 5.79 Å². The Bertz CT molecular complexity index is 471. The minimum Gasteiger partial charge on any atom is -0.461 e. The van der Waals surface area contributed by atoms with Gasteiger partial charge >= 0.3 is 0 Å². The maximum absolute atomic E-state index is 6.03. The lowest BCUT2D eigenvalue weighted by Crippen LogP contribution is -2.43. The molecule has 3 rings (SSSR count). The fraction of sp³-hybridized carbons (Fsp3) is 0.571. The predicted octanol–water partition coefficient (Wildman–Crippen LogP) is 2.75. The van der Waals surface area contributed by atoms with Gasteiger partial charge in [-0.2, -0.15) is 0 Å². The van der Waals surface area contributed by atoms with Crippen LogP contribution in [0.1, 0.15) is 31.4 Å². The van der Waals surface area contributed by atoms with Crippen molar-refractivity contribution in [3.8, 4) is 5.75 Å². The number of ether oxygens (including phenoxy) is 3. The molecule has 2 heterocycles. The predicted molar refractivity (Wildman–Crippen MR) is 64.1 cm³/mol. The minimum absolute atomic E-state index is 0.128. The Labute approximate surface area is 102 Å². The third-order valence-corrected chi connectivity index (χ3v) is 4.23. The first kappa shape index (κ1) is 11.1. The van der Waals surface area contributed by atoms with E-state index >= 15 is 0 Å². The van der Waals surface area contributed by atoms with Crippen LogP contribution in [0.4, 0.5) is 0 Å². The van der Waals surface area contributed by atoms with Crippen LogP contribution in [0.2, 0.25) is 0 Å². The third-order valence-electron chi connectivity index (χ3n) is 4.23. The molecule has 0 N–H and O–H groups in total. The molecule has 0 saturated carbocycles. The van der Waals surface area contributed by atoms with Crippen LogP contribution in [-0.4, -0.2) is 19.2 Å². The number of aryl methyl sites for hydroxylation is 1. The van der Waals surface area contributed by atoms with E-state index in [1.807, 2.05) is 6.92 Å². The molecule has 3 nitrogen and oxygen atoms in total. The van der Waals surface area contributed by atoms with E-state index in [0.29, 0.717) is 0 Å². The van der Waals surface area contributed by atoms with E-state index in [9.17, 15) is 0 Å². The summed E-state index contributed by atoms with van der Waals surface area (Å²) in [6, 6.07) is 6.35. The number of methoxy groups -OCH3 is 1. The van der Waals surface area contributed by atoms with E-state index in [-0.39, 0.29) is 11.7 Å². The highest BCUT2D eigenvalue weighted by atomic mass is 16.8. The molecule has 0 aromatic heterocycles. The minimum atomic E-state index is -0.607. The van der Waals surface area contributed by atoms with E-state index in [4.69, 9.17) is 14.2 Å². The van der Waals surface area contributed by atoms with Crippen LogP contribution >= 0.6 is 0 Å². The van der Waals surface area contributed by atoms with Gasteiger partial charge in [-0.15, -0.1) is 0 Å². The first-order valence-corrected chi connectivity index (χ1v) is 5.99. The Morgan fingerprint density at radius 3 is 2.82 bits per heavy atom. The molecule has 0 radical (unpaired) electrons. The Hall–Kier alpha value is -1.06.